The van der Waals surface area contributed by atoms with Crippen LogP contribution in [-0.2, 0) is 4.79 Å². The van der Waals surface area contributed by atoms with Crippen LogP contribution in [0.25, 0.3) is 5.65 Å². The largest absolute Gasteiger partial charge is 0.323 e. The number of halogens is 4. The lowest BCUT2D eigenvalue weighted by Crippen LogP contribution is -2.15. The number of hydrogen-bond donors (Lipinski definition) is 1. The molecule has 2 aromatic heterocycles. The Labute approximate surface area is 161 Å². The van der Waals surface area contributed by atoms with E-state index in [0.29, 0.717) is 10.8 Å². The molecule has 2 heterocycles. The molecule has 0 saturated carbocycles. The molecule has 3 aromatic rings. The molecule has 0 aliphatic carbocycles. The zero-order chi connectivity index (χ0) is 17.3. The van der Waals surface area contributed by atoms with Gasteiger partial charge >= 0.3 is 0 Å². The summed E-state index contributed by atoms with van der Waals surface area (Å²) in [4.78, 5) is 12.2. The summed E-state index contributed by atoms with van der Waals surface area (Å²) in [6.45, 7) is 0. The maximum Gasteiger partial charge on any atom is 0.234 e. The molecule has 0 atom stereocenters. The quantitative estimate of drug-likeness (QED) is 0.471. The molecule has 0 saturated heterocycles. The monoisotopic (exact) mass is 420 g/mol. The van der Waals surface area contributed by atoms with Crippen LogP contribution >= 0.6 is 58.2 Å². The van der Waals surface area contributed by atoms with E-state index >= 15 is 0 Å². The fourth-order valence-corrected chi connectivity index (χ4v) is 3.53. The van der Waals surface area contributed by atoms with Crippen LogP contribution in [0, 0.1) is 0 Å². The highest BCUT2D eigenvalue weighted by molar-refractivity contribution is 7.99. The van der Waals surface area contributed by atoms with Crippen molar-refractivity contribution in [3.05, 3.63) is 50.6 Å². The molecule has 1 aromatic carbocycles. The van der Waals surface area contributed by atoms with Crippen LogP contribution in [0.5, 0.6) is 0 Å². The number of nitrogens with one attached hydrogen (secondary N) is 1. The Hall–Kier alpha value is -1.18. The third-order valence-corrected chi connectivity index (χ3v) is 5.51. The van der Waals surface area contributed by atoms with Gasteiger partial charge in [-0.1, -0.05) is 64.2 Å². The lowest BCUT2D eigenvalue weighted by Gasteiger charge is -2.11. The first-order chi connectivity index (χ1) is 11.5. The first-order valence-electron chi connectivity index (χ1n) is 6.53. The highest BCUT2D eigenvalue weighted by Gasteiger charge is 2.17. The van der Waals surface area contributed by atoms with Gasteiger partial charge in [-0.05, 0) is 18.2 Å². The number of nitrogens with zero attached hydrogens (tertiary/aromatic N) is 3. The smallest absolute Gasteiger partial charge is 0.234 e. The molecule has 10 heteroatoms. The molecule has 1 N–H and O–H groups in total. The average molecular weight is 422 g/mol. The third-order valence-electron chi connectivity index (χ3n) is 2.99. The number of carbonyl (C=O) groups is 1. The number of anilines is 1. The topological polar surface area (TPSA) is 59.3 Å². The van der Waals surface area contributed by atoms with Crippen molar-refractivity contribution < 1.29 is 4.79 Å². The minimum Gasteiger partial charge on any atom is -0.323 e. The van der Waals surface area contributed by atoms with Crippen molar-refractivity contribution in [2.24, 2.45) is 0 Å². The number of pyridine rings is 1. The minimum atomic E-state index is -0.324. The zero-order valence-electron chi connectivity index (χ0n) is 11.8. The summed E-state index contributed by atoms with van der Waals surface area (Å²) in [6.07, 6.45) is 1.82. The van der Waals surface area contributed by atoms with Crippen molar-refractivity contribution >= 4 is 75.4 Å². The standard InChI is InChI=1S/C14H8Cl4N4OS/c15-7-5-8(16)12(18)13(11(7)17)19-10(23)6-24-14-21-20-9-3-1-2-4-22(9)14/h1-5H,6H2,(H,19,23). The van der Waals surface area contributed by atoms with Gasteiger partial charge in [0.1, 0.15) is 0 Å². The number of thioether (sulfide) groups is 1. The lowest BCUT2D eigenvalue weighted by molar-refractivity contribution is -0.113. The van der Waals surface area contributed by atoms with Crippen molar-refractivity contribution in [2.75, 3.05) is 11.1 Å². The summed E-state index contributed by atoms with van der Waals surface area (Å²) in [5.74, 6) is -0.234. The van der Waals surface area contributed by atoms with Gasteiger partial charge in [0.25, 0.3) is 0 Å². The molecule has 0 aliphatic heterocycles. The lowest BCUT2D eigenvalue weighted by atomic mass is 10.3. The Morgan fingerprint density at radius 3 is 2.54 bits per heavy atom. The van der Waals surface area contributed by atoms with Crippen LogP contribution < -0.4 is 5.32 Å². The van der Waals surface area contributed by atoms with Gasteiger partial charge in [0, 0.05) is 6.20 Å². The van der Waals surface area contributed by atoms with Crippen molar-refractivity contribution in [2.45, 2.75) is 5.16 Å². The van der Waals surface area contributed by atoms with Gasteiger partial charge in [0.15, 0.2) is 10.8 Å². The molecule has 0 bridgehead atoms. The van der Waals surface area contributed by atoms with Gasteiger partial charge in [0.05, 0.1) is 31.5 Å². The summed E-state index contributed by atoms with van der Waals surface area (Å²) in [7, 11) is 0. The van der Waals surface area contributed by atoms with Crippen molar-refractivity contribution in [1.29, 1.82) is 0 Å². The molecule has 5 nitrogen and oxygen atoms in total. The molecule has 0 fully saturated rings. The zero-order valence-corrected chi connectivity index (χ0v) is 15.6. The Morgan fingerprint density at radius 2 is 1.83 bits per heavy atom. The Bertz CT molecular complexity index is 904. The number of benzene rings is 1. The number of carbonyl (C=O) groups excluding carboxylic acids is 1. The summed E-state index contributed by atoms with van der Waals surface area (Å²) in [5.41, 5.74) is 0.889. The van der Waals surface area contributed by atoms with Gasteiger partial charge < -0.3 is 5.32 Å². The molecule has 0 radical (unpaired) electrons. The Kier molecular flexibility index (Phi) is 5.42. The van der Waals surface area contributed by atoms with E-state index in [2.05, 4.69) is 15.5 Å². The maximum absolute atomic E-state index is 12.2. The Morgan fingerprint density at radius 1 is 1.12 bits per heavy atom. The van der Waals surface area contributed by atoms with E-state index in [1.807, 2.05) is 24.4 Å². The fraction of sp³-hybridized carbons (Fsp3) is 0.0714. The van der Waals surface area contributed by atoms with E-state index in [1.54, 1.807) is 4.40 Å². The molecule has 0 unspecified atom stereocenters. The predicted molar refractivity (Wildman–Crippen MR) is 98.8 cm³/mol. The highest BCUT2D eigenvalue weighted by atomic mass is 35.5. The summed E-state index contributed by atoms with van der Waals surface area (Å²) in [5, 5.41) is 12.0. The number of aromatic nitrogens is 3. The summed E-state index contributed by atoms with van der Waals surface area (Å²) in [6, 6.07) is 6.96. The average Bonchev–Trinajstić information content (AvgIpc) is 2.98. The molecule has 1 amide bonds. The second kappa shape index (κ2) is 7.37. The van der Waals surface area contributed by atoms with Gasteiger partial charge in [-0.15, -0.1) is 10.2 Å². The minimum absolute atomic E-state index is 0.0898. The van der Waals surface area contributed by atoms with Crippen molar-refractivity contribution in [3.63, 3.8) is 0 Å². The van der Waals surface area contributed by atoms with Gasteiger partial charge in [-0.2, -0.15) is 0 Å². The van der Waals surface area contributed by atoms with Crippen molar-refractivity contribution in [3.8, 4) is 0 Å². The summed E-state index contributed by atoms with van der Waals surface area (Å²) >= 11 is 25.3. The highest BCUT2D eigenvalue weighted by Crippen LogP contribution is 2.41. The van der Waals surface area contributed by atoms with E-state index in [9.17, 15) is 4.79 Å². The first kappa shape index (κ1) is 17.6. The van der Waals surface area contributed by atoms with Crippen LogP contribution in [0.1, 0.15) is 0 Å². The van der Waals surface area contributed by atoms with Crippen molar-refractivity contribution in [1.82, 2.24) is 14.6 Å². The molecular formula is C14H8Cl4N4OS. The van der Waals surface area contributed by atoms with Crippen LogP contribution in [0.4, 0.5) is 5.69 Å². The van der Waals surface area contributed by atoms with Gasteiger partial charge in [-0.3, -0.25) is 9.20 Å². The maximum atomic E-state index is 12.2. The SMILES string of the molecule is O=C(CSc1nnc2ccccn12)Nc1c(Cl)c(Cl)cc(Cl)c1Cl. The molecule has 24 heavy (non-hydrogen) atoms. The van der Waals surface area contributed by atoms with E-state index in [4.69, 9.17) is 46.4 Å². The van der Waals surface area contributed by atoms with E-state index < -0.39 is 0 Å². The number of rotatable bonds is 4. The van der Waals surface area contributed by atoms with Gasteiger partial charge in [-0.25, -0.2) is 0 Å². The molecule has 124 valence electrons. The van der Waals surface area contributed by atoms with E-state index in [1.165, 1.54) is 17.8 Å². The second-order valence-corrected chi connectivity index (χ2v) is 7.10. The van der Waals surface area contributed by atoms with Gasteiger partial charge in [0.2, 0.25) is 5.91 Å². The van der Waals surface area contributed by atoms with Crippen LogP contribution in [0.2, 0.25) is 20.1 Å². The normalized spacial score (nSPS) is 11.0. The molecule has 0 spiro atoms. The molecule has 0 aliphatic rings. The fourth-order valence-electron chi connectivity index (χ4n) is 1.91. The predicted octanol–water partition coefficient (Wildman–Crippen LogP) is 5.07. The Balaban J connectivity index is 1.73. The first-order valence-corrected chi connectivity index (χ1v) is 9.02. The number of fused-ring (bicyclic) bond motifs is 1. The van der Waals surface area contributed by atoms with E-state index in [0.717, 1.165) is 0 Å². The molecular weight excluding hydrogens is 414 g/mol. The number of amides is 1. The second-order valence-electron chi connectivity index (χ2n) is 4.59. The summed E-state index contributed by atoms with van der Waals surface area (Å²) < 4.78 is 1.79. The van der Waals surface area contributed by atoms with Crippen LogP contribution in [-0.4, -0.2) is 26.3 Å². The number of hydrogen-bond acceptors (Lipinski definition) is 4. The van der Waals surface area contributed by atoms with Crippen LogP contribution in [0.15, 0.2) is 35.6 Å². The van der Waals surface area contributed by atoms with Crippen LogP contribution in [0.3, 0.4) is 0 Å². The van der Waals surface area contributed by atoms with E-state index in [-0.39, 0.29) is 37.4 Å². The third kappa shape index (κ3) is 3.58. The molecule has 3 rings (SSSR count).